The van der Waals surface area contributed by atoms with Crippen LogP contribution in [0.1, 0.15) is 31.7 Å². The summed E-state index contributed by atoms with van der Waals surface area (Å²) in [6.07, 6.45) is 0.696. The Hall–Kier alpha value is -3.54. The Balaban J connectivity index is 2.55. The number of rotatable bonds is 7. The monoisotopic (exact) mass is 384 g/mol. The minimum atomic E-state index is -0.628. The number of nitriles is 1. The van der Waals surface area contributed by atoms with Crippen LogP contribution in [-0.4, -0.2) is 47.6 Å². The van der Waals surface area contributed by atoms with Crippen LogP contribution >= 0.6 is 0 Å². The molecule has 2 unspecified atom stereocenters. The molecule has 1 aliphatic rings. The molecule has 2 rings (SSSR count). The van der Waals surface area contributed by atoms with Crippen LogP contribution < -0.4 is 0 Å². The van der Waals surface area contributed by atoms with E-state index in [9.17, 15) is 19.7 Å². The van der Waals surface area contributed by atoms with E-state index in [-0.39, 0.29) is 24.3 Å². The van der Waals surface area contributed by atoms with Crippen molar-refractivity contribution in [2.24, 2.45) is 4.99 Å². The van der Waals surface area contributed by atoms with E-state index in [2.05, 4.69) is 4.99 Å². The van der Waals surface area contributed by atoms with Gasteiger partial charge in [0, 0.05) is 36.5 Å². The van der Waals surface area contributed by atoms with Crippen LogP contribution in [0.2, 0.25) is 0 Å². The largest absolute Gasteiger partial charge is 0.461 e. The summed E-state index contributed by atoms with van der Waals surface area (Å²) in [6, 6.07) is 7.16. The molecule has 1 heterocycles. The molecule has 9 heteroatoms. The van der Waals surface area contributed by atoms with Gasteiger partial charge in [-0.2, -0.15) is 5.26 Å². The fraction of sp³-hybridized carbons (Fsp3) is 0.368. The summed E-state index contributed by atoms with van der Waals surface area (Å²) >= 11 is 0. The Labute approximate surface area is 162 Å². The fourth-order valence-corrected chi connectivity index (χ4v) is 3.30. The molecule has 0 saturated heterocycles. The maximum absolute atomic E-state index is 12.7. The number of ether oxygens (including phenoxy) is 1. The van der Waals surface area contributed by atoms with Gasteiger partial charge in [-0.15, -0.1) is 0 Å². The highest BCUT2D eigenvalue weighted by molar-refractivity contribution is 5.99. The number of nitro benzene ring substituents is 1. The van der Waals surface area contributed by atoms with Gasteiger partial charge in [-0.3, -0.25) is 19.9 Å². The first-order chi connectivity index (χ1) is 13.3. The molecule has 1 amide bonds. The number of non-ortho nitro benzene ring substituents is 1. The van der Waals surface area contributed by atoms with E-state index in [0.29, 0.717) is 23.4 Å². The summed E-state index contributed by atoms with van der Waals surface area (Å²) in [4.78, 5) is 40.4. The van der Waals surface area contributed by atoms with Crippen molar-refractivity contribution in [3.8, 4) is 6.07 Å². The minimum Gasteiger partial charge on any atom is -0.461 e. The molecule has 0 saturated carbocycles. The van der Waals surface area contributed by atoms with Gasteiger partial charge in [0.05, 0.1) is 29.0 Å². The Morgan fingerprint density at radius 2 is 2.04 bits per heavy atom. The highest BCUT2D eigenvalue weighted by atomic mass is 16.6. The lowest BCUT2D eigenvalue weighted by atomic mass is 9.79. The van der Waals surface area contributed by atoms with Gasteiger partial charge in [-0.1, -0.05) is 12.1 Å². The number of amides is 1. The summed E-state index contributed by atoms with van der Waals surface area (Å²) in [5, 5.41) is 19.6. The molecule has 0 aromatic heterocycles. The molecule has 0 aliphatic carbocycles. The van der Waals surface area contributed by atoms with Crippen LogP contribution in [0.15, 0.2) is 40.5 Å². The average Bonchev–Trinajstić information content (AvgIpc) is 2.67. The third-order valence-electron chi connectivity index (χ3n) is 4.52. The molecule has 1 aromatic rings. The van der Waals surface area contributed by atoms with Crippen LogP contribution in [0.5, 0.6) is 0 Å². The molecule has 2 atom stereocenters. The molecule has 9 nitrogen and oxygen atoms in total. The molecule has 146 valence electrons. The topological polar surface area (TPSA) is 126 Å². The van der Waals surface area contributed by atoms with Gasteiger partial charge in [0.2, 0.25) is 6.41 Å². The lowest BCUT2D eigenvalue weighted by Gasteiger charge is -2.36. The molecule has 0 N–H and O–H groups in total. The quantitative estimate of drug-likeness (QED) is 0.233. The van der Waals surface area contributed by atoms with Crippen LogP contribution in [0.3, 0.4) is 0 Å². The number of carbonyl (C=O) groups excluding carboxylic acids is 2. The summed E-state index contributed by atoms with van der Waals surface area (Å²) < 4.78 is 5.20. The van der Waals surface area contributed by atoms with Crippen molar-refractivity contribution in [2.75, 3.05) is 13.7 Å². The normalized spacial score (nSPS) is 18.7. The van der Waals surface area contributed by atoms with Gasteiger partial charge in [0.15, 0.2) is 0 Å². The van der Waals surface area contributed by atoms with Gasteiger partial charge in [0.25, 0.3) is 5.69 Å². The van der Waals surface area contributed by atoms with E-state index < -0.39 is 22.9 Å². The van der Waals surface area contributed by atoms with Gasteiger partial charge in [0.1, 0.15) is 6.61 Å². The van der Waals surface area contributed by atoms with E-state index in [0.717, 1.165) is 0 Å². The zero-order valence-corrected chi connectivity index (χ0v) is 15.8. The first-order valence-corrected chi connectivity index (χ1v) is 8.53. The Bertz CT molecular complexity index is 883. The lowest BCUT2D eigenvalue weighted by molar-refractivity contribution is -0.384. The van der Waals surface area contributed by atoms with Crippen LogP contribution in [0.25, 0.3) is 0 Å². The van der Waals surface area contributed by atoms with Crippen LogP contribution in [0.4, 0.5) is 5.69 Å². The summed E-state index contributed by atoms with van der Waals surface area (Å²) in [6.45, 7) is 3.36. The first-order valence-electron chi connectivity index (χ1n) is 8.53. The van der Waals surface area contributed by atoms with Crippen molar-refractivity contribution >= 4 is 23.8 Å². The van der Waals surface area contributed by atoms with Crippen molar-refractivity contribution in [3.05, 3.63) is 51.2 Å². The summed E-state index contributed by atoms with van der Waals surface area (Å²) in [5.41, 5.74) is 1.87. The van der Waals surface area contributed by atoms with Crippen molar-refractivity contribution in [1.29, 1.82) is 5.26 Å². The second-order valence-electron chi connectivity index (χ2n) is 6.34. The highest BCUT2D eigenvalue weighted by Gasteiger charge is 2.39. The number of nitrogens with zero attached hydrogens (tertiary/aromatic N) is 4. The number of hydrogen-bond acceptors (Lipinski definition) is 7. The van der Waals surface area contributed by atoms with Crippen molar-refractivity contribution in [1.82, 2.24) is 4.90 Å². The van der Waals surface area contributed by atoms with E-state index in [1.54, 1.807) is 33.0 Å². The summed E-state index contributed by atoms with van der Waals surface area (Å²) in [7, 11) is 1.58. The van der Waals surface area contributed by atoms with Gasteiger partial charge < -0.3 is 9.64 Å². The maximum atomic E-state index is 12.7. The molecule has 0 fully saturated rings. The second kappa shape index (κ2) is 8.90. The predicted octanol–water partition coefficient (Wildman–Crippen LogP) is 2.34. The van der Waals surface area contributed by atoms with Gasteiger partial charge in [-0.25, -0.2) is 4.79 Å². The first kappa shape index (κ1) is 20.8. The Morgan fingerprint density at radius 1 is 1.39 bits per heavy atom. The van der Waals surface area contributed by atoms with Gasteiger partial charge in [-0.05, 0) is 19.4 Å². The van der Waals surface area contributed by atoms with Crippen LogP contribution in [-0.2, 0) is 14.3 Å². The second-order valence-corrected chi connectivity index (χ2v) is 6.34. The minimum absolute atomic E-state index is 0.0558. The van der Waals surface area contributed by atoms with E-state index in [4.69, 9.17) is 10.00 Å². The molecule has 0 bridgehead atoms. The Kier molecular flexibility index (Phi) is 6.60. The van der Waals surface area contributed by atoms with E-state index in [1.807, 2.05) is 6.07 Å². The number of esters is 1. The molecule has 28 heavy (non-hydrogen) atoms. The van der Waals surface area contributed by atoms with E-state index in [1.165, 1.54) is 17.0 Å². The molecular formula is C19H20N4O5. The predicted molar refractivity (Wildman–Crippen MR) is 100 cm³/mol. The smallest absolute Gasteiger partial charge is 0.336 e. The highest BCUT2D eigenvalue weighted by Crippen LogP contribution is 2.38. The molecule has 1 aromatic carbocycles. The average molecular weight is 384 g/mol. The number of benzene rings is 1. The third-order valence-corrected chi connectivity index (χ3v) is 4.52. The molecule has 1 aliphatic heterocycles. The molecular weight excluding hydrogens is 364 g/mol. The van der Waals surface area contributed by atoms with E-state index >= 15 is 0 Å². The number of allylic oxidation sites excluding steroid dienone is 1. The SMILES string of the molecule is CC1=NC(C)=C(C(=O)OCCC#N)C(c2ccc([N+](=O)[O-])cc2)C1N(C)C=O. The fourth-order valence-electron chi connectivity index (χ4n) is 3.30. The number of hydrogen-bond donors (Lipinski definition) is 0. The number of carbonyl (C=O) groups is 2. The zero-order valence-electron chi connectivity index (χ0n) is 15.8. The molecule has 0 spiro atoms. The van der Waals surface area contributed by atoms with Crippen molar-refractivity contribution in [2.45, 2.75) is 32.2 Å². The Morgan fingerprint density at radius 3 is 2.57 bits per heavy atom. The number of aliphatic imine (C=N–C) groups is 1. The summed E-state index contributed by atoms with van der Waals surface area (Å²) in [5.74, 6) is -1.24. The number of nitro groups is 1. The van der Waals surface area contributed by atoms with Crippen LogP contribution in [0, 0.1) is 21.4 Å². The van der Waals surface area contributed by atoms with Crippen molar-refractivity contribution in [3.63, 3.8) is 0 Å². The maximum Gasteiger partial charge on any atom is 0.336 e. The third kappa shape index (κ3) is 4.23. The molecule has 0 radical (unpaired) electrons. The lowest BCUT2D eigenvalue weighted by Crippen LogP contribution is -2.45. The van der Waals surface area contributed by atoms with Gasteiger partial charge >= 0.3 is 5.97 Å². The zero-order chi connectivity index (χ0) is 20.8. The standard InChI is InChI=1S/C19H20N4O5/c1-12-16(19(25)28-10-4-9-20)17(18(13(2)21-12)22(3)11-24)14-5-7-15(8-6-14)23(26)27/h5-8,11,17-18H,4,10H2,1-3H3. The number of likely N-dealkylation sites (N-methyl/N-ethyl adjacent to an activating group) is 1. The van der Waals surface area contributed by atoms with Crippen molar-refractivity contribution < 1.29 is 19.2 Å².